The molecule has 1 aliphatic rings. The number of anilines is 1. The number of aromatic nitrogens is 2. The lowest BCUT2D eigenvalue weighted by Gasteiger charge is -2.30. The Bertz CT molecular complexity index is 1020. The molecule has 0 saturated carbocycles. The van der Waals surface area contributed by atoms with Crippen LogP contribution in [0.5, 0.6) is 0 Å². The van der Waals surface area contributed by atoms with Crippen LogP contribution in [0.15, 0.2) is 24.3 Å². The zero-order valence-electron chi connectivity index (χ0n) is 15.8. The first-order valence-corrected chi connectivity index (χ1v) is 9.21. The number of amides is 1. The van der Waals surface area contributed by atoms with Gasteiger partial charge in [0.05, 0.1) is 5.52 Å². The van der Waals surface area contributed by atoms with Crippen LogP contribution in [-0.2, 0) is 6.54 Å². The lowest BCUT2D eigenvalue weighted by atomic mass is 10.1. The van der Waals surface area contributed by atoms with Crippen molar-refractivity contribution in [3.05, 3.63) is 58.2 Å². The van der Waals surface area contributed by atoms with E-state index in [1.807, 2.05) is 37.8 Å². The quantitative estimate of drug-likeness (QED) is 0.731. The molecule has 0 unspecified atom stereocenters. The maximum atomic E-state index is 13.7. The van der Waals surface area contributed by atoms with E-state index in [4.69, 9.17) is 0 Å². The highest BCUT2D eigenvalue weighted by molar-refractivity contribution is 6.00. The second-order valence-electron chi connectivity index (χ2n) is 7.29. The number of carbonyl (C=O) groups excluding carboxylic acids is 1. The number of benzene rings is 1. The number of aromatic amines is 1. The average Bonchev–Trinajstić information content (AvgIpc) is 2.85. The summed E-state index contributed by atoms with van der Waals surface area (Å²) in [4.78, 5) is 22.4. The Hall–Kier alpha value is -2.89. The number of rotatable bonds is 4. The van der Waals surface area contributed by atoms with E-state index < -0.39 is 0 Å². The Kier molecular flexibility index (Phi) is 4.34. The fraction of sp³-hybridized carbons (Fsp3) is 0.333. The first-order chi connectivity index (χ1) is 12.9. The van der Waals surface area contributed by atoms with Crippen molar-refractivity contribution in [2.45, 2.75) is 33.7 Å². The molecule has 1 saturated heterocycles. The van der Waals surface area contributed by atoms with Gasteiger partial charge in [0.15, 0.2) is 5.82 Å². The van der Waals surface area contributed by atoms with Crippen molar-refractivity contribution in [3.63, 3.8) is 0 Å². The van der Waals surface area contributed by atoms with Crippen molar-refractivity contribution in [1.82, 2.24) is 14.9 Å². The lowest BCUT2D eigenvalue weighted by molar-refractivity contribution is 0.0646. The maximum Gasteiger partial charge on any atom is 0.272 e. The smallest absolute Gasteiger partial charge is 0.272 e. The van der Waals surface area contributed by atoms with Crippen LogP contribution in [-0.4, -0.2) is 33.9 Å². The Labute approximate surface area is 157 Å². The summed E-state index contributed by atoms with van der Waals surface area (Å²) in [6, 6.07) is 6.82. The van der Waals surface area contributed by atoms with Gasteiger partial charge in [-0.3, -0.25) is 4.79 Å². The minimum Gasteiger partial charge on any atom is -0.364 e. The summed E-state index contributed by atoms with van der Waals surface area (Å²) >= 11 is 0. The van der Waals surface area contributed by atoms with Crippen LogP contribution >= 0.6 is 0 Å². The summed E-state index contributed by atoms with van der Waals surface area (Å²) in [5.41, 5.74) is 5.18. The molecule has 6 heteroatoms. The molecule has 1 fully saturated rings. The van der Waals surface area contributed by atoms with Gasteiger partial charge in [0.1, 0.15) is 11.5 Å². The van der Waals surface area contributed by atoms with E-state index in [9.17, 15) is 9.18 Å². The zero-order chi connectivity index (χ0) is 19.1. The van der Waals surface area contributed by atoms with Gasteiger partial charge in [-0.1, -0.05) is 6.07 Å². The predicted octanol–water partition coefficient (Wildman–Crippen LogP) is 4.09. The second-order valence-corrected chi connectivity index (χ2v) is 7.29. The zero-order valence-corrected chi connectivity index (χ0v) is 15.8. The van der Waals surface area contributed by atoms with E-state index in [-0.39, 0.29) is 11.7 Å². The average molecular weight is 366 g/mol. The van der Waals surface area contributed by atoms with Crippen molar-refractivity contribution in [3.8, 4) is 0 Å². The van der Waals surface area contributed by atoms with Crippen molar-refractivity contribution in [2.75, 3.05) is 18.4 Å². The maximum absolute atomic E-state index is 13.7. The number of hydrogen-bond acceptors (Lipinski definition) is 3. The van der Waals surface area contributed by atoms with Crippen LogP contribution < -0.4 is 5.32 Å². The van der Waals surface area contributed by atoms with Gasteiger partial charge in [-0.2, -0.15) is 0 Å². The topological polar surface area (TPSA) is 61.0 Å². The third-order valence-corrected chi connectivity index (χ3v) is 5.22. The third kappa shape index (κ3) is 3.27. The summed E-state index contributed by atoms with van der Waals surface area (Å²) < 4.78 is 13.7. The lowest BCUT2D eigenvalue weighted by Crippen LogP contribution is -2.42. The number of likely N-dealkylation sites (tertiary alicyclic amines) is 1. The van der Waals surface area contributed by atoms with Crippen LogP contribution in [0.25, 0.3) is 10.9 Å². The number of aryl methyl sites for hydroxylation is 3. The molecule has 0 atom stereocenters. The van der Waals surface area contributed by atoms with Gasteiger partial charge >= 0.3 is 0 Å². The van der Waals surface area contributed by atoms with E-state index in [2.05, 4.69) is 15.3 Å². The number of pyridine rings is 1. The molecule has 0 radical (unpaired) electrons. The monoisotopic (exact) mass is 366 g/mol. The summed E-state index contributed by atoms with van der Waals surface area (Å²) in [6.45, 7) is 7.91. The van der Waals surface area contributed by atoms with Crippen molar-refractivity contribution < 1.29 is 9.18 Å². The highest BCUT2D eigenvalue weighted by Crippen LogP contribution is 2.28. The second kappa shape index (κ2) is 6.68. The fourth-order valence-electron chi connectivity index (χ4n) is 3.47. The van der Waals surface area contributed by atoms with Crippen LogP contribution in [0.1, 0.15) is 39.3 Å². The number of nitrogens with zero attached hydrogens (tertiary/aromatic N) is 2. The number of nitrogens with one attached hydrogen (secondary N) is 2. The minimum absolute atomic E-state index is 0.0361. The molecule has 3 heterocycles. The van der Waals surface area contributed by atoms with Crippen LogP contribution in [0.2, 0.25) is 0 Å². The normalized spacial score (nSPS) is 13.7. The van der Waals surface area contributed by atoms with Gasteiger partial charge in [0, 0.05) is 30.7 Å². The molecule has 0 bridgehead atoms. The molecule has 2 aromatic heterocycles. The highest BCUT2D eigenvalue weighted by Gasteiger charge is 2.24. The predicted molar refractivity (Wildman–Crippen MR) is 105 cm³/mol. The molecule has 27 heavy (non-hydrogen) atoms. The van der Waals surface area contributed by atoms with Crippen molar-refractivity contribution in [1.29, 1.82) is 0 Å². The molecule has 1 amide bonds. The molecule has 3 aromatic rings. The van der Waals surface area contributed by atoms with E-state index >= 15 is 0 Å². The molecule has 5 nitrogen and oxygen atoms in total. The number of halogens is 1. The van der Waals surface area contributed by atoms with Crippen LogP contribution in [0.4, 0.5) is 10.2 Å². The molecule has 140 valence electrons. The molecular weight excluding hydrogens is 343 g/mol. The van der Waals surface area contributed by atoms with Crippen molar-refractivity contribution in [2.24, 2.45) is 0 Å². The fourth-order valence-corrected chi connectivity index (χ4v) is 3.47. The molecule has 1 aromatic carbocycles. The molecule has 0 aliphatic carbocycles. The Morgan fingerprint density at radius 3 is 2.67 bits per heavy atom. The highest BCUT2D eigenvalue weighted by atomic mass is 19.1. The Balaban J connectivity index is 1.71. The standard InChI is InChI=1S/C21H23FN4O/c1-12-7-15(9-16(22)8-12)11-23-20-19-17(13(2)14(3)24-19)10-18(25-20)21(27)26-5-4-6-26/h7-10,24H,4-6,11H2,1-3H3,(H,23,25). The Morgan fingerprint density at radius 1 is 1.22 bits per heavy atom. The Morgan fingerprint density at radius 2 is 2.00 bits per heavy atom. The molecule has 2 N–H and O–H groups in total. The van der Waals surface area contributed by atoms with Crippen LogP contribution in [0, 0.1) is 26.6 Å². The van der Waals surface area contributed by atoms with Gasteiger partial charge in [-0.05, 0) is 62.1 Å². The van der Waals surface area contributed by atoms with Gasteiger partial charge in [-0.25, -0.2) is 9.37 Å². The number of H-pyrrole nitrogens is 1. The first kappa shape index (κ1) is 17.5. The summed E-state index contributed by atoms with van der Waals surface area (Å²) in [6.07, 6.45) is 1.04. The van der Waals surface area contributed by atoms with Gasteiger partial charge in [0.25, 0.3) is 5.91 Å². The summed E-state index contributed by atoms with van der Waals surface area (Å²) in [7, 11) is 0. The minimum atomic E-state index is -0.252. The van der Waals surface area contributed by atoms with Crippen LogP contribution in [0.3, 0.4) is 0 Å². The first-order valence-electron chi connectivity index (χ1n) is 9.21. The molecule has 4 rings (SSSR count). The molecule has 0 spiro atoms. The third-order valence-electron chi connectivity index (χ3n) is 5.22. The molecular formula is C21H23FN4O. The molecule has 1 aliphatic heterocycles. The summed E-state index contributed by atoms with van der Waals surface area (Å²) in [5.74, 6) is 0.332. The van der Waals surface area contributed by atoms with Gasteiger partial charge in [-0.15, -0.1) is 0 Å². The van der Waals surface area contributed by atoms with E-state index in [0.29, 0.717) is 18.1 Å². The number of hydrogen-bond donors (Lipinski definition) is 2. The number of carbonyl (C=O) groups is 1. The van der Waals surface area contributed by atoms with Gasteiger partial charge < -0.3 is 15.2 Å². The van der Waals surface area contributed by atoms with Gasteiger partial charge in [0.2, 0.25) is 0 Å². The van der Waals surface area contributed by atoms with E-state index in [0.717, 1.165) is 52.8 Å². The SMILES string of the molecule is Cc1cc(F)cc(CNc2nc(C(=O)N3CCC3)cc3c(C)c(C)[nH]c23)c1. The van der Waals surface area contributed by atoms with Crippen molar-refractivity contribution >= 4 is 22.6 Å². The number of fused-ring (bicyclic) bond motifs is 1. The largest absolute Gasteiger partial charge is 0.364 e. The van der Waals surface area contributed by atoms with E-state index in [1.54, 1.807) is 0 Å². The summed E-state index contributed by atoms with van der Waals surface area (Å²) in [5, 5.41) is 4.28. The van der Waals surface area contributed by atoms with E-state index in [1.165, 1.54) is 12.1 Å².